The van der Waals surface area contributed by atoms with Gasteiger partial charge in [0.15, 0.2) is 0 Å². The Hall–Kier alpha value is -1.46. The average molecular weight is 280 g/mol. The Labute approximate surface area is 118 Å². The maximum absolute atomic E-state index is 13.0. The van der Waals surface area contributed by atoms with Gasteiger partial charge in [-0.05, 0) is 36.7 Å². The molecule has 5 heteroatoms. The lowest BCUT2D eigenvalue weighted by atomic mass is 9.88. The molecular weight excluding hydrogens is 259 g/mol. The minimum Gasteiger partial charge on any atom is -0.382 e. The fourth-order valence-electron chi connectivity index (χ4n) is 2.26. The number of halogens is 1. The third-order valence-electron chi connectivity index (χ3n) is 3.86. The van der Waals surface area contributed by atoms with Crippen LogP contribution >= 0.6 is 0 Å². The van der Waals surface area contributed by atoms with Gasteiger partial charge in [0.2, 0.25) is 5.91 Å². The molecule has 1 saturated heterocycles. The third kappa shape index (κ3) is 3.55. The summed E-state index contributed by atoms with van der Waals surface area (Å²) in [5.74, 6) is 0.0931. The Morgan fingerprint density at radius 3 is 2.60 bits per heavy atom. The van der Waals surface area contributed by atoms with Gasteiger partial charge in [-0.15, -0.1) is 0 Å². The lowest BCUT2D eigenvalue weighted by molar-refractivity contribution is -0.127. The van der Waals surface area contributed by atoms with Gasteiger partial charge < -0.3 is 15.4 Å². The number of rotatable bonds is 6. The SMILES string of the molecule is COCC(NC(=O)C(C)C1CNC1)c1ccc(F)cc1. The summed E-state index contributed by atoms with van der Waals surface area (Å²) >= 11 is 0. The van der Waals surface area contributed by atoms with Gasteiger partial charge in [-0.1, -0.05) is 19.1 Å². The van der Waals surface area contributed by atoms with Crippen molar-refractivity contribution in [2.24, 2.45) is 11.8 Å². The summed E-state index contributed by atoms with van der Waals surface area (Å²) in [5.41, 5.74) is 0.848. The first-order chi connectivity index (χ1) is 9.61. The molecule has 2 unspecified atom stereocenters. The van der Waals surface area contributed by atoms with Crippen LogP contribution in [0, 0.1) is 17.7 Å². The third-order valence-corrected chi connectivity index (χ3v) is 3.86. The van der Waals surface area contributed by atoms with Crippen LogP contribution < -0.4 is 10.6 Å². The molecule has 1 aliphatic rings. The maximum Gasteiger partial charge on any atom is 0.223 e. The van der Waals surface area contributed by atoms with Crippen molar-refractivity contribution in [3.8, 4) is 0 Å². The Kier molecular flexibility index (Phi) is 5.09. The van der Waals surface area contributed by atoms with Gasteiger partial charge in [-0.25, -0.2) is 4.39 Å². The molecule has 1 aromatic carbocycles. The summed E-state index contributed by atoms with van der Waals surface area (Å²) in [7, 11) is 1.59. The van der Waals surface area contributed by atoms with Crippen molar-refractivity contribution in [3.05, 3.63) is 35.6 Å². The fourth-order valence-corrected chi connectivity index (χ4v) is 2.26. The van der Waals surface area contributed by atoms with E-state index < -0.39 is 0 Å². The number of ether oxygens (including phenoxy) is 1. The average Bonchev–Trinajstić information content (AvgIpc) is 2.37. The van der Waals surface area contributed by atoms with E-state index in [0.29, 0.717) is 12.5 Å². The highest BCUT2D eigenvalue weighted by atomic mass is 19.1. The van der Waals surface area contributed by atoms with Gasteiger partial charge in [-0.3, -0.25) is 4.79 Å². The summed E-state index contributed by atoms with van der Waals surface area (Å²) in [5, 5.41) is 6.16. The number of hydrogen-bond donors (Lipinski definition) is 2. The lowest BCUT2D eigenvalue weighted by Crippen LogP contribution is -2.50. The number of carbonyl (C=O) groups excluding carboxylic acids is 1. The molecule has 2 rings (SSSR count). The molecular formula is C15H21FN2O2. The number of hydrogen-bond acceptors (Lipinski definition) is 3. The van der Waals surface area contributed by atoms with Crippen molar-refractivity contribution >= 4 is 5.91 Å². The molecule has 1 aliphatic heterocycles. The van der Waals surface area contributed by atoms with Gasteiger partial charge in [0.25, 0.3) is 0 Å². The summed E-state index contributed by atoms with van der Waals surface area (Å²) in [4.78, 5) is 12.2. The van der Waals surface area contributed by atoms with E-state index in [1.54, 1.807) is 19.2 Å². The molecule has 0 saturated carbocycles. The molecule has 0 aromatic heterocycles. The van der Waals surface area contributed by atoms with Crippen LogP contribution in [-0.2, 0) is 9.53 Å². The van der Waals surface area contributed by atoms with Gasteiger partial charge >= 0.3 is 0 Å². The highest BCUT2D eigenvalue weighted by molar-refractivity contribution is 5.79. The second-order valence-electron chi connectivity index (χ2n) is 5.28. The van der Waals surface area contributed by atoms with Crippen LogP contribution in [0.5, 0.6) is 0 Å². The molecule has 0 bridgehead atoms. The van der Waals surface area contributed by atoms with Crippen LogP contribution in [0.25, 0.3) is 0 Å². The molecule has 110 valence electrons. The maximum atomic E-state index is 13.0. The van der Waals surface area contributed by atoms with Crippen LogP contribution in [0.2, 0.25) is 0 Å². The number of benzene rings is 1. The molecule has 2 atom stereocenters. The Balaban J connectivity index is 2.00. The standard InChI is InChI=1S/C15H21FN2O2/c1-10(12-7-17-8-12)15(19)18-14(9-20-2)11-3-5-13(16)6-4-11/h3-6,10,12,14,17H,7-9H2,1-2H3,(H,18,19). The van der Waals surface area contributed by atoms with E-state index in [1.807, 2.05) is 6.92 Å². The molecule has 0 aliphatic carbocycles. The van der Waals surface area contributed by atoms with Gasteiger partial charge in [0, 0.05) is 13.0 Å². The number of amides is 1. The van der Waals surface area contributed by atoms with E-state index >= 15 is 0 Å². The fraction of sp³-hybridized carbons (Fsp3) is 0.533. The van der Waals surface area contributed by atoms with E-state index in [1.165, 1.54) is 12.1 Å². The number of methoxy groups -OCH3 is 1. The minimum atomic E-state index is -0.287. The molecule has 20 heavy (non-hydrogen) atoms. The van der Waals surface area contributed by atoms with Crippen molar-refractivity contribution in [3.63, 3.8) is 0 Å². The highest BCUT2D eigenvalue weighted by Gasteiger charge is 2.29. The van der Waals surface area contributed by atoms with E-state index in [9.17, 15) is 9.18 Å². The number of nitrogens with one attached hydrogen (secondary N) is 2. The van der Waals surface area contributed by atoms with Crippen LogP contribution in [0.3, 0.4) is 0 Å². The summed E-state index contributed by atoms with van der Waals surface area (Å²) in [6.07, 6.45) is 0. The Bertz CT molecular complexity index is 446. The van der Waals surface area contributed by atoms with Crippen molar-refractivity contribution in [1.29, 1.82) is 0 Å². The predicted molar refractivity (Wildman–Crippen MR) is 74.7 cm³/mol. The van der Waals surface area contributed by atoms with Crippen molar-refractivity contribution < 1.29 is 13.9 Å². The second-order valence-corrected chi connectivity index (χ2v) is 5.28. The Morgan fingerprint density at radius 2 is 2.10 bits per heavy atom. The van der Waals surface area contributed by atoms with E-state index in [4.69, 9.17) is 4.74 Å². The van der Waals surface area contributed by atoms with Crippen LogP contribution in [0.15, 0.2) is 24.3 Å². The number of carbonyl (C=O) groups is 1. The molecule has 2 N–H and O–H groups in total. The summed E-state index contributed by atoms with van der Waals surface area (Å²) < 4.78 is 18.1. The zero-order chi connectivity index (χ0) is 14.5. The molecule has 0 radical (unpaired) electrons. The van der Waals surface area contributed by atoms with Crippen molar-refractivity contribution in [1.82, 2.24) is 10.6 Å². The highest BCUT2D eigenvalue weighted by Crippen LogP contribution is 2.19. The molecule has 0 spiro atoms. The predicted octanol–water partition coefficient (Wildman–Crippen LogP) is 1.48. The topological polar surface area (TPSA) is 50.4 Å². The molecule has 1 heterocycles. The molecule has 1 fully saturated rings. The Morgan fingerprint density at radius 1 is 1.45 bits per heavy atom. The largest absolute Gasteiger partial charge is 0.382 e. The lowest BCUT2D eigenvalue weighted by Gasteiger charge is -2.32. The first kappa shape index (κ1) is 14.9. The van der Waals surface area contributed by atoms with Crippen LogP contribution in [0.1, 0.15) is 18.5 Å². The van der Waals surface area contributed by atoms with Gasteiger partial charge in [0.1, 0.15) is 5.82 Å². The molecule has 4 nitrogen and oxygen atoms in total. The monoisotopic (exact) mass is 280 g/mol. The summed E-state index contributed by atoms with van der Waals surface area (Å²) in [6, 6.07) is 5.89. The van der Waals surface area contributed by atoms with Gasteiger partial charge in [-0.2, -0.15) is 0 Å². The van der Waals surface area contributed by atoms with Crippen LogP contribution in [-0.4, -0.2) is 32.7 Å². The van der Waals surface area contributed by atoms with Crippen molar-refractivity contribution in [2.75, 3.05) is 26.8 Å². The quantitative estimate of drug-likeness (QED) is 0.830. The first-order valence-corrected chi connectivity index (χ1v) is 6.87. The summed E-state index contributed by atoms with van der Waals surface area (Å²) in [6.45, 7) is 4.09. The van der Waals surface area contributed by atoms with Crippen molar-refractivity contribution in [2.45, 2.75) is 13.0 Å². The molecule has 1 aromatic rings. The normalized spacial score (nSPS) is 18.1. The van der Waals surface area contributed by atoms with Gasteiger partial charge in [0.05, 0.1) is 12.6 Å². The first-order valence-electron chi connectivity index (χ1n) is 6.87. The minimum absolute atomic E-state index is 0.0166. The molecule has 1 amide bonds. The second kappa shape index (κ2) is 6.81. The van der Waals surface area contributed by atoms with E-state index in [-0.39, 0.29) is 23.7 Å². The zero-order valence-electron chi connectivity index (χ0n) is 11.9. The zero-order valence-corrected chi connectivity index (χ0v) is 11.9. The van der Waals surface area contributed by atoms with Crippen LogP contribution in [0.4, 0.5) is 4.39 Å². The smallest absolute Gasteiger partial charge is 0.223 e. The van der Waals surface area contributed by atoms with E-state index in [0.717, 1.165) is 18.7 Å². The van der Waals surface area contributed by atoms with E-state index in [2.05, 4.69) is 10.6 Å².